The highest BCUT2D eigenvalue weighted by atomic mass is 32.2. The quantitative estimate of drug-likeness (QED) is 0.927. The molecule has 3 rings (SSSR count). The molecule has 0 radical (unpaired) electrons. The smallest absolute Gasteiger partial charge is 0.157 e. The SMILES string of the molecule is CCN1CCCC(NC2=NC(Cc3ccccc3)CS2)C1. The Morgan fingerprint density at radius 1 is 1.33 bits per heavy atom. The topological polar surface area (TPSA) is 27.6 Å². The summed E-state index contributed by atoms with van der Waals surface area (Å²) in [6.45, 7) is 5.83. The van der Waals surface area contributed by atoms with Crippen molar-refractivity contribution in [1.29, 1.82) is 0 Å². The summed E-state index contributed by atoms with van der Waals surface area (Å²) in [7, 11) is 0. The van der Waals surface area contributed by atoms with Gasteiger partial charge >= 0.3 is 0 Å². The van der Waals surface area contributed by atoms with E-state index in [1.165, 1.54) is 36.7 Å². The highest BCUT2D eigenvalue weighted by Crippen LogP contribution is 2.21. The molecule has 0 spiro atoms. The van der Waals surface area contributed by atoms with Gasteiger partial charge in [0.1, 0.15) is 0 Å². The summed E-state index contributed by atoms with van der Waals surface area (Å²) in [5.74, 6) is 1.11. The third-order valence-corrected chi connectivity index (χ3v) is 5.35. The van der Waals surface area contributed by atoms with Crippen molar-refractivity contribution in [3.8, 4) is 0 Å². The first-order chi connectivity index (χ1) is 10.3. The first-order valence-corrected chi connectivity index (χ1v) is 9.05. The maximum Gasteiger partial charge on any atom is 0.157 e. The van der Waals surface area contributed by atoms with Gasteiger partial charge in [-0.25, -0.2) is 0 Å². The Bertz CT molecular complexity index is 474. The van der Waals surface area contributed by atoms with Crippen molar-refractivity contribution in [2.45, 2.75) is 38.3 Å². The maximum absolute atomic E-state index is 4.88. The van der Waals surface area contributed by atoms with Crippen LogP contribution in [0, 0.1) is 0 Å². The Balaban J connectivity index is 1.51. The molecule has 21 heavy (non-hydrogen) atoms. The van der Waals surface area contributed by atoms with E-state index in [1.807, 2.05) is 11.8 Å². The Morgan fingerprint density at radius 3 is 3.00 bits per heavy atom. The summed E-state index contributed by atoms with van der Waals surface area (Å²) in [6.07, 6.45) is 3.64. The summed E-state index contributed by atoms with van der Waals surface area (Å²) < 4.78 is 0. The lowest BCUT2D eigenvalue weighted by Crippen LogP contribution is -2.46. The Hall–Kier alpha value is -1.00. The van der Waals surface area contributed by atoms with Gasteiger partial charge in [0.2, 0.25) is 0 Å². The van der Waals surface area contributed by atoms with Gasteiger partial charge in [-0.2, -0.15) is 0 Å². The molecule has 0 aromatic heterocycles. The molecule has 0 aliphatic carbocycles. The Kier molecular flexibility index (Phi) is 5.20. The molecule has 1 N–H and O–H groups in total. The van der Waals surface area contributed by atoms with Crippen molar-refractivity contribution in [2.24, 2.45) is 4.99 Å². The number of likely N-dealkylation sites (tertiary alicyclic amines) is 1. The molecule has 3 nitrogen and oxygen atoms in total. The molecule has 2 aliphatic heterocycles. The second-order valence-electron chi connectivity index (χ2n) is 5.97. The van der Waals surface area contributed by atoms with Crippen LogP contribution in [-0.4, -0.2) is 47.5 Å². The molecule has 2 atom stereocenters. The van der Waals surface area contributed by atoms with Crippen LogP contribution in [-0.2, 0) is 6.42 Å². The van der Waals surface area contributed by atoms with Crippen LogP contribution in [0.5, 0.6) is 0 Å². The van der Waals surface area contributed by atoms with E-state index in [-0.39, 0.29) is 0 Å². The molecule has 114 valence electrons. The van der Waals surface area contributed by atoms with Crippen LogP contribution in [0.25, 0.3) is 0 Å². The molecule has 0 amide bonds. The third kappa shape index (κ3) is 4.24. The van der Waals surface area contributed by atoms with Gasteiger partial charge in [-0.05, 0) is 37.9 Å². The summed E-state index contributed by atoms with van der Waals surface area (Å²) in [6, 6.07) is 11.7. The summed E-state index contributed by atoms with van der Waals surface area (Å²) in [5, 5.41) is 4.83. The van der Waals surface area contributed by atoms with E-state index in [0.29, 0.717) is 12.1 Å². The Morgan fingerprint density at radius 2 is 2.19 bits per heavy atom. The van der Waals surface area contributed by atoms with Gasteiger partial charge in [-0.1, -0.05) is 49.0 Å². The molecular formula is C17H25N3S. The molecule has 2 heterocycles. The second kappa shape index (κ2) is 7.32. The minimum Gasteiger partial charge on any atom is -0.361 e. The average molecular weight is 303 g/mol. The van der Waals surface area contributed by atoms with Crippen LogP contribution < -0.4 is 5.32 Å². The first-order valence-electron chi connectivity index (χ1n) is 8.07. The fourth-order valence-electron chi connectivity index (χ4n) is 3.12. The molecule has 1 saturated heterocycles. The average Bonchev–Trinajstić information content (AvgIpc) is 2.95. The van der Waals surface area contributed by atoms with Crippen LogP contribution in [0.3, 0.4) is 0 Å². The van der Waals surface area contributed by atoms with Gasteiger partial charge < -0.3 is 10.2 Å². The largest absolute Gasteiger partial charge is 0.361 e. The van der Waals surface area contributed by atoms with E-state index in [4.69, 9.17) is 4.99 Å². The maximum atomic E-state index is 4.88. The number of thioether (sulfide) groups is 1. The Labute approximate surface area is 132 Å². The van der Waals surface area contributed by atoms with Gasteiger partial charge in [-0.15, -0.1) is 0 Å². The molecule has 2 aliphatic rings. The minimum atomic E-state index is 0.436. The lowest BCUT2D eigenvalue weighted by Gasteiger charge is -2.32. The minimum absolute atomic E-state index is 0.436. The van der Waals surface area contributed by atoms with Crippen LogP contribution in [0.15, 0.2) is 35.3 Å². The number of hydrogen-bond acceptors (Lipinski definition) is 4. The van der Waals surface area contributed by atoms with E-state index < -0.39 is 0 Å². The predicted octanol–water partition coefficient (Wildman–Crippen LogP) is 2.77. The number of nitrogens with one attached hydrogen (secondary N) is 1. The fourth-order valence-corrected chi connectivity index (χ4v) is 4.14. The first kappa shape index (κ1) is 14.9. The number of aliphatic imine (C=N–C) groups is 1. The monoisotopic (exact) mass is 303 g/mol. The molecule has 1 fully saturated rings. The van der Waals surface area contributed by atoms with Gasteiger partial charge in [-0.3, -0.25) is 4.99 Å². The van der Waals surface area contributed by atoms with Crippen molar-refractivity contribution < 1.29 is 0 Å². The number of benzene rings is 1. The summed E-state index contributed by atoms with van der Waals surface area (Å²) in [4.78, 5) is 7.41. The summed E-state index contributed by atoms with van der Waals surface area (Å²) >= 11 is 1.89. The van der Waals surface area contributed by atoms with Gasteiger partial charge in [0.25, 0.3) is 0 Å². The molecule has 1 aromatic carbocycles. The highest BCUT2D eigenvalue weighted by Gasteiger charge is 2.23. The standard InChI is InChI=1S/C17H25N3S/c1-2-20-10-6-9-15(12-20)18-17-19-16(13-21-17)11-14-7-4-3-5-8-14/h3-5,7-8,15-16H,2,6,9-13H2,1H3,(H,18,19). The normalized spacial score (nSPS) is 26.6. The predicted molar refractivity (Wildman–Crippen MR) is 92.1 cm³/mol. The molecule has 2 unspecified atom stereocenters. The zero-order valence-electron chi connectivity index (χ0n) is 12.8. The summed E-state index contributed by atoms with van der Waals surface area (Å²) in [5.41, 5.74) is 1.39. The van der Waals surface area contributed by atoms with Gasteiger partial charge in [0, 0.05) is 18.3 Å². The van der Waals surface area contributed by atoms with E-state index in [2.05, 4.69) is 47.5 Å². The van der Waals surface area contributed by atoms with Crippen molar-refractivity contribution in [2.75, 3.05) is 25.4 Å². The number of piperidine rings is 1. The van der Waals surface area contributed by atoms with Crippen molar-refractivity contribution in [3.63, 3.8) is 0 Å². The van der Waals surface area contributed by atoms with E-state index in [9.17, 15) is 0 Å². The van der Waals surface area contributed by atoms with Gasteiger partial charge in [0.15, 0.2) is 5.17 Å². The number of nitrogens with zero attached hydrogens (tertiary/aromatic N) is 2. The van der Waals surface area contributed by atoms with Gasteiger partial charge in [0.05, 0.1) is 6.04 Å². The van der Waals surface area contributed by atoms with E-state index >= 15 is 0 Å². The zero-order chi connectivity index (χ0) is 14.5. The third-order valence-electron chi connectivity index (χ3n) is 4.31. The van der Waals surface area contributed by atoms with Crippen molar-refractivity contribution >= 4 is 16.9 Å². The van der Waals surface area contributed by atoms with Crippen LogP contribution in [0.4, 0.5) is 0 Å². The van der Waals surface area contributed by atoms with Crippen molar-refractivity contribution in [1.82, 2.24) is 10.2 Å². The molecule has 0 saturated carbocycles. The number of rotatable bonds is 4. The molecule has 0 bridgehead atoms. The van der Waals surface area contributed by atoms with E-state index in [0.717, 1.165) is 18.7 Å². The number of amidine groups is 1. The van der Waals surface area contributed by atoms with Crippen LogP contribution in [0.2, 0.25) is 0 Å². The number of likely N-dealkylation sites (N-methyl/N-ethyl adjacent to an activating group) is 1. The zero-order valence-corrected chi connectivity index (χ0v) is 13.6. The van der Waals surface area contributed by atoms with E-state index in [1.54, 1.807) is 0 Å². The molecular weight excluding hydrogens is 278 g/mol. The fraction of sp³-hybridized carbons (Fsp3) is 0.588. The number of hydrogen-bond donors (Lipinski definition) is 1. The van der Waals surface area contributed by atoms with Crippen LogP contribution in [0.1, 0.15) is 25.3 Å². The lowest BCUT2D eigenvalue weighted by atomic mass is 10.1. The van der Waals surface area contributed by atoms with Crippen LogP contribution >= 0.6 is 11.8 Å². The second-order valence-corrected chi connectivity index (χ2v) is 6.97. The molecule has 4 heteroatoms. The molecule has 1 aromatic rings. The highest BCUT2D eigenvalue weighted by molar-refractivity contribution is 8.14. The lowest BCUT2D eigenvalue weighted by molar-refractivity contribution is 0.210. The van der Waals surface area contributed by atoms with Crippen molar-refractivity contribution in [3.05, 3.63) is 35.9 Å².